The predicted molar refractivity (Wildman–Crippen MR) is 223 cm³/mol. The van der Waals surface area contributed by atoms with Crippen LogP contribution < -0.4 is 10.6 Å². The Morgan fingerprint density at radius 2 is 0.755 bits per heavy atom. The number of nitrogens with one attached hydrogen (secondary N) is 2. The number of hydrogen-bond donors (Lipinski definition) is 2. The second kappa shape index (κ2) is 20.4. The number of piperidine rings is 1. The van der Waals surface area contributed by atoms with Crippen LogP contribution in [0.25, 0.3) is 0 Å². The van der Waals surface area contributed by atoms with Gasteiger partial charge in [-0.3, -0.25) is 0 Å². The average molecular weight is 689 g/mol. The molecule has 0 spiro atoms. The van der Waals surface area contributed by atoms with Crippen molar-refractivity contribution in [1.82, 2.24) is 10.6 Å². The van der Waals surface area contributed by atoms with Gasteiger partial charge in [0.25, 0.3) is 0 Å². The molecule has 49 heavy (non-hydrogen) atoms. The third-order valence-electron chi connectivity index (χ3n) is 13.8. The topological polar surface area (TPSA) is 24.1 Å². The van der Waals surface area contributed by atoms with Crippen molar-refractivity contribution in [2.24, 2.45) is 68.5 Å². The van der Waals surface area contributed by atoms with Gasteiger partial charge in [0.1, 0.15) is 0 Å². The van der Waals surface area contributed by atoms with E-state index in [1.165, 1.54) is 116 Å². The summed E-state index contributed by atoms with van der Waals surface area (Å²) in [6, 6.07) is 0. The lowest BCUT2D eigenvalue weighted by atomic mass is 9.72. The van der Waals surface area contributed by atoms with Crippen LogP contribution >= 0.6 is 0 Å². The zero-order valence-electron chi connectivity index (χ0n) is 36.0. The highest BCUT2D eigenvalue weighted by atomic mass is 15.0. The molecule has 6 rings (SSSR count). The molecular formula is C47H96N2. The summed E-state index contributed by atoms with van der Waals surface area (Å²) in [6.45, 7) is 40.3. The lowest BCUT2D eigenvalue weighted by Crippen LogP contribution is -2.48. The molecule has 3 unspecified atom stereocenters. The minimum atomic E-state index is 0. The fourth-order valence-corrected chi connectivity index (χ4v) is 9.65. The van der Waals surface area contributed by atoms with Crippen molar-refractivity contribution in [3.63, 3.8) is 0 Å². The van der Waals surface area contributed by atoms with Crippen molar-refractivity contribution in [3.8, 4) is 0 Å². The predicted octanol–water partition coefficient (Wildman–Crippen LogP) is 14.2. The van der Waals surface area contributed by atoms with Crippen LogP contribution in [-0.4, -0.2) is 26.2 Å². The van der Waals surface area contributed by atoms with E-state index in [4.69, 9.17) is 0 Å². The third-order valence-corrected chi connectivity index (χ3v) is 13.8. The number of hydrogen-bond acceptors (Lipinski definition) is 2. The molecule has 0 aromatic rings. The van der Waals surface area contributed by atoms with Crippen LogP contribution in [0.2, 0.25) is 0 Å². The monoisotopic (exact) mass is 689 g/mol. The maximum atomic E-state index is 3.39. The standard InChI is InChI=1S/C11H20.C10H20.C9H19N.C9H18.C7H15N.CH4/c1-11(2,3)10-7-8-4-5-9(10)6-8;1-10(2,3)9-7-5-4-6-8-9;1-9(2,3)8-4-6-10-7-5-8;1-9(2,3)8-6-4-5-7-8;1-7(2,3)6-4-8-5-6;/h8-10H,4-7H2,1-3H3;9H,4-8H2,1-3H3;8,10H,4-7H2,1-3H3;8H,4-7H2,1-3H3;6,8H,4-5H2,1-3H3;1H4. The molecule has 4 saturated carbocycles. The molecule has 0 radical (unpaired) electrons. The zero-order valence-corrected chi connectivity index (χ0v) is 36.0. The SMILES string of the molecule is C.CC(C)(C)C1CC2CCC1C2.CC(C)(C)C1CCCC1.CC(C)(C)C1CCCCC1.CC(C)(C)C1CCNCC1.CC(C)(C)C1CNC1. The largest absolute Gasteiger partial charge is 0.317 e. The van der Waals surface area contributed by atoms with Crippen molar-refractivity contribution in [3.05, 3.63) is 0 Å². The molecule has 0 amide bonds. The van der Waals surface area contributed by atoms with Crippen LogP contribution in [0.15, 0.2) is 0 Å². The molecule has 0 aromatic heterocycles. The maximum Gasteiger partial charge on any atom is -0.000323 e. The molecule has 2 heterocycles. The highest BCUT2D eigenvalue weighted by molar-refractivity contribution is 4.94. The van der Waals surface area contributed by atoms with E-state index in [2.05, 4.69) is 114 Å². The molecule has 2 saturated heterocycles. The smallest absolute Gasteiger partial charge is 0.000323 e. The Balaban J connectivity index is 0.000000306. The lowest BCUT2D eigenvalue weighted by Gasteiger charge is -2.38. The van der Waals surface area contributed by atoms with Crippen LogP contribution in [0.1, 0.15) is 208 Å². The first-order chi connectivity index (χ1) is 22.0. The van der Waals surface area contributed by atoms with Crippen LogP contribution in [0.5, 0.6) is 0 Å². The van der Waals surface area contributed by atoms with E-state index in [0.717, 1.165) is 41.4 Å². The molecule has 3 atom stereocenters. The Hall–Kier alpha value is -0.0800. The van der Waals surface area contributed by atoms with Crippen molar-refractivity contribution < 1.29 is 0 Å². The van der Waals surface area contributed by atoms with Crippen molar-refractivity contribution in [2.75, 3.05) is 26.2 Å². The van der Waals surface area contributed by atoms with Crippen molar-refractivity contribution >= 4 is 0 Å². The van der Waals surface area contributed by atoms with Gasteiger partial charge in [-0.1, -0.05) is 150 Å². The van der Waals surface area contributed by atoms with Gasteiger partial charge in [-0.25, -0.2) is 0 Å². The van der Waals surface area contributed by atoms with Crippen LogP contribution in [0.4, 0.5) is 0 Å². The summed E-state index contributed by atoms with van der Waals surface area (Å²) in [5.74, 6) is 7.13. The molecule has 6 fully saturated rings. The Morgan fingerprint density at radius 1 is 0.367 bits per heavy atom. The summed E-state index contributed by atoms with van der Waals surface area (Å²) in [6.07, 6.45) is 22.2. The van der Waals surface area contributed by atoms with E-state index < -0.39 is 0 Å². The van der Waals surface area contributed by atoms with Gasteiger partial charge in [0.15, 0.2) is 0 Å². The van der Waals surface area contributed by atoms with Gasteiger partial charge in [-0.15, -0.1) is 0 Å². The van der Waals surface area contributed by atoms with Gasteiger partial charge in [0.05, 0.1) is 0 Å². The zero-order chi connectivity index (χ0) is 36.4. The number of rotatable bonds is 0. The molecular weight excluding hydrogens is 593 g/mol. The van der Waals surface area contributed by atoms with E-state index in [-0.39, 0.29) is 7.43 Å². The Morgan fingerprint density at radius 3 is 0.959 bits per heavy atom. The van der Waals surface area contributed by atoms with Gasteiger partial charge in [0.2, 0.25) is 0 Å². The molecule has 2 N–H and O–H groups in total. The second-order valence-electron chi connectivity index (χ2n) is 22.8. The van der Waals surface area contributed by atoms with E-state index in [0.29, 0.717) is 27.1 Å². The fraction of sp³-hybridized carbons (Fsp3) is 1.00. The molecule has 294 valence electrons. The van der Waals surface area contributed by atoms with Crippen LogP contribution in [-0.2, 0) is 0 Å². The quantitative estimate of drug-likeness (QED) is 0.265. The normalized spacial score (nSPS) is 27.1. The van der Waals surface area contributed by atoms with Crippen LogP contribution in [0, 0.1) is 68.5 Å². The molecule has 2 aliphatic heterocycles. The average Bonchev–Trinajstić information content (AvgIpc) is 3.72. The summed E-state index contributed by atoms with van der Waals surface area (Å²) in [4.78, 5) is 0. The Labute approximate surface area is 312 Å². The molecule has 6 aliphatic rings. The first kappa shape index (κ1) is 46.9. The van der Waals surface area contributed by atoms with Gasteiger partial charge in [-0.05, 0) is 152 Å². The molecule has 2 bridgehead atoms. The first-order valence-electron chi connectivity index (χ1n) is 21.4. The highest BCUT2D eigenvalue weighted by Gasteiger charge is 2.44. The van der Waals surface area contributed by atoms with E-state index in [1.807, 2.05) is 0 Å². The van der Waals surface area contributed by atoms with Crippen LogP contribution in [0.3, 0.4) is 0 Å². The first-order valence-corrected chi connectivity index (χ1v) is 21.4. The molecule has 0 aromatic carbocycles. The summed E-state index contributed by atoms with van der Waals surface area (Å²) in [5.41, 5.74) is 2.80. The summed E-state index contributed by atoms with van der Waals surface area (Å²) in [7, 11) is 0. The Kier molecular flexibility index (Phi) is 19.5. The summed E-state index contributed by atoms with van der Waals surface area (Å²) < 4.78 is 0. The van der Waals surface area contributed by atoms with E-state index in [1.54, 1.807) is 6.42 Å². The molecule has 2 heteroatoms. The van der Waals surface area contributed by atoms with E-state index in [9.17, 15) is 0 Å². The van der Waals surface area contributed by atoms with Crippen molar-refractivity contribution in [2.45, 2.75) is 208 Å². The minimum absolute atomic E-state index is 0. The third kappa shape index (κ3) is 17.5. The minimum Gasteiger partial charge on any atom is -0.317 e. The van der Waals surface area contributed by atoms with Gasteiger partial charge >= 0.3 is 0 Å². The Bertz CT molecular complexity index is 803. The maximum absolute atomic E-state index is 3.39. The number of fused-ring (bicyclic) bond motifs is 2. The molecule has 4 aliphatic carbocycles. The summed E-state index contributed by atoms with van der Waals surface area (Å²) >= 11 is 0. The lowest BCUT2D eigenvalue weighted by molar-refractivity contribution is 0.161. The fourth-order valence-electron chi connectivity index (χ4n) is 9.65. The van der Waals surface area contributed by atoms with Gasteiger partial charge in [0, 0.05) is 0 Å². The van der Waals surface area contributed by atoms with E-state index >= 15 is 0 Å². The molecule has 2 nitrogen and oxygen atoms in total. The summed E-state index contributed by atoms with van der Waals surface area (Å²) in [5, 5.41) is 6.65. The van der Waals surface area contributed by atoms with Gasteiger partial charge < -0.3 is 10.6 Å². The van der Waals surface area contributed by atoms with Crippen molar-refractivity contribution in [1.29, 1.82) is 0 Å². The second-order valence-corrected chi connectivity index (χ2v) is 22.8. The highest BCUT2D eigenvalue weighted by Crippen LogP contribution is 2.54. The van der Waals surface area contributed by atoms with Gasteiger partial charge in [-0.2, -0.15) is 0 Å².